The van der Waals surface area contributed by atoms with Crippen LogP contribution in [0, 0.1) is 0 Å². The van der Waals surface area contributed by atoms with E-state index in [1.165, 1.54) is 0 Å². The standard InChI is InChI=1S/C31H28N4O5/c1-31-28(39-2)20(33-12-11-21(36)30(33)38)13-22(40-31)34-18-9-5-3-7-15(18)24-25-17(14-32-29(25)37)23-16-8-4-6-10-19(16)35(31)27(23)26(24)34/h3-10,20-22,28,36H,11-14H2,1-2H3,(H,32,37)/t20-,21+,22-,28-,31+/m0/s1. The minimum absolute atomic E-state index is 0.0553. The van der Waals surface area contributed by atoms with Crippen LogP contribution in [0.3, 0.4) is 0 Å². The largest absolute Gasteiger partial charge is 0.383 e. The first-order valence-corrected chi connectivity index (χ1v) is 13.9. The highest BCUT2D eigenvalue weighted by Crippen LogP contribution is 2.54. The molecule has 2 N–H and O–H groups in total. The van der Waals surface area contributed by atoms with Gasteiger partial charge in [0.15, 0.2) is 5.72 Å². The Balaban J connectivity index is 1.50. The molecule has 9 rings (SSSR count). The van der Waals surface area contributed by atoms with Gasteiger partial charge in [0.25, 0.3) is 11.8 Å². The summed E-state index contributed by atoms with van der Waals surface area (Å²) < 4.78 is 17.9. The van der Waals surface area contributed by atoms with Gasteiger partial charge in [0.05, 0.1) is 33.7 Å². The first-order valence-electron chi connectivity index (χ1n) is 13.9. The van der Waals surface area contributed by atoms with Gasteiger partial charge in [-0.05, 0) is 31.0 Å². The first kappa shape index (κ1) is 22.9. The highest BCUT2D eigenvalue weighted by Gasteiger charge is 2.56. The number of aliphatic hydroxyl groups excluding tert-OH is 1. The monoisotopic (exact) mass is 536 g/mol. The fourth-order valence-electron chi connectivity index (χ4n) is 8.34. The van der Waals surface area contributed by atoms with Gasteiger partial charge in [-0.3, -0.25) is 9.59 Å². The van der Waals surface area contributed by atoms with Crippen LogP contribution in [0.5, 0.6) is 0 Å². The zero-order valence-electron chi connectivity index (χ0n) is 22.2. The van der Waals surface area contributed by atoms with Crippen LogP contribution in [-0.4, -0.2) is 62.9 Å². The van der Waals surface area contributed by atoms with Crippen LogP contribution < -0.4 is 5.32 Å². The number of benzene rings is 3. The molecule has 6 heterocycles. The molecule has 2 aromatic heterocycles. The Hall–Kier alpha value is -3.92. The summed E-state index contributed by atoms with van der Waals surface area (Å²) in [6.45, 7) is 2.99. The zero-order chi connectivity index (χ0) is 27.1. The first-order chi connectivity index (χ1) is 19.4. The van der Waals surface area contributed by atoms with Crippen molar-refractivity contribution in [2.45, 2.75) is 56.5 Å². The van der Waals surface area contributed by atoms with Gasteiger partial charge in [0.2, 0.25) is 0 Å². The molecule has 40 heavy (non-hydrogen) atoms. The van der Waals surface area contributed by atoms with Crippen molar-refractivity contribution >= 4 is 55.4 Å². The van der Waals surface area contributed by atoms with Gasteiger partial charge >= 0.3 is 0 Å². The number of aromatic nitrogens is 2. The highest BCUT2D eigenvalue weighted by molar-refractivity contribution is 6.31. The fraction of sp³-hybridized carbons (Fsp3) is 0.355. The number of rotatable bonds is 2. The number of nitrogens with one attached hydrogen (secondary N) is 1. The van der Waals surface area contributed by atoms with Crippen molar-refractivity contribution < 1.29 is 24.2 Å². The van der Waals surface area contributed by atoms with Gasteiger partial charge in [-0.15, -0.1) is 0 Å². The highest BCUT2D eigenvalue weighted by atomic mass is 16.6. The van der Waals surface area contributed by atoms with Crippen molar-refractivity contribution in [3.8, 4) is 0 Å². The summed E-state index contributed by atoms with van der Waals surface area (Å²) in [6.07, 6.45) is -1.03. The molecule has 0 radical (unpaired) electrons. The van der Waals surface area contributed by atoms with E-state index < -0.39 is 24.2 Å². The average molecular weight is 537 g/mol. The lowest BCUT2D eigenvalue weighted by atomic mass is 9.91. The summed E-state index contributed by atoms with van der Waals surface area (Å²) in [5.74, 6) is -0.312. The molecule has 0 aliphatic carbocycles. The molecule has 3 aromatic carbocycles. The van der Waals surface area contributed by atoms with Gasteiger partial charge in [-0.25, -0.2) is 0 Å². The van der Waals surface area contributed by atoms with Crippen LogP contribution in [0.25, 0.3) is 43.6 Å². The lowest BCUT2D eigenvalue weighted by molar-refractivity contribution is -0.266. The molecular weight excluding hydrogens is 508 g/mol. The third-order valence-electron chi connectivity index (χ3n) is 9.81. The van der Waals surface area contributed by atoms with E-state index in [0.717, 1.165) is 54.7 Å². The topological polar surface area (TPSA) is 98.0 Å². The maximum absolute atomic E-state index is 13.5. The summed E-state index contributed by atoms with van der Waals surface area (Å²) in [5.41, 5.74) is 4.72. The normalized spacial score (nSPS) is 29.3. The number of carbonyl (C=O) groups excluding carboxylic acids is 2. The molecule has 2 amide bonds. The molecule has 2 bridgehead atoms. The number of nitrogens with zero attached hydrogens (tertiary/aromatic N) is 3. The maximum Gasteiger partial charge on any atom is 0.252 e. The fourth-order valence-corrected chi connectivity index (χ4v) is 8.34. The third-order valence-corrected chi connectivity index (χ3v) is 9.81. The smallest absolute Gasteiger partial charge is 0.252 e. The molecule has 5 atom stereocenters. The molecule has 2 saturated heterocycles. The predicted octanol–water partition coefficient (Wildman–Crippen LogP) is 3.73. The molecule has 0 spiro atoms. The van der Waals surface area contributed by atoms with Crippen LogP contribution >= 0.6 is 0 Å². The van der Waals surface area contributed by atoms with Gasteiger partial charge in [-0.2, -0.15) is 0 Å². The summed E-state index contributed by atoms with van der Waals surface area (Å²) in [5, 5.41) is 17.6. The molecule has 4 aliphatic heterocycles. The number of fused-ring (bicyclic) bond motifs is 13. The third kappa shape index (κ3) is 2.46. The average Bonchev–Trinajstić information content (AvgIpc) is 3.68. The van der Waals surface area contributed by atoms with E-state index in [9.17, 15) is 14.7 Å². The van der Waals surface area contributed by atoms with Crippen LogP contribution in [-0.2, 0) is 26.5 Å². The van der Waals surface area contributed by atoms with Crippen molar-refractivity contribution in [2.24, 2.45) is 0 Å². The van der Waals surface area contributed by atoms with E-state index in [-0.39, 0.29) is 17.9 Å². The number of hydrogen-bond acceptors (Lipinski definition) is 5. The Morgan fingerprint density at radius 2 is 1.75 bits per heavy atom. The Morgan fingerprint density at radius 3 is 2.48 bits per heavy atom. The van der Waals surface area contributed by atoms with Crippen LogP contribution in [0.4, 0.5) is 0 Å². The Morgan fingerprint density at radius 1 is 1.02 bits per heavy atom. The van der Waals surface area contributed by atoms with Crippen LogP contribution in [0.2, 0.25) is 0 Å². The van der Waals surface area contributed by atoms with E-state index >= 15 is 0 Å². The minimum atomic E-state index is -0.993. The van der Waals surface area contributed by atoms with E-state index in [1.807, 2.05) is 24.3 Å². The summed E-state index contributed by atoms with van der Waals surface area (Å²) in [4.78, 5) is 28.4. The predicted molar refractivity (Wildman–Crippen MR) is 149 cm³/mol. The van der Waals surface area contributed by atoms with E-state index in [0.29, 0.717) is 25.9 Å². The molecule has 9 nitrogen and oxygen atoms in total. The van der Waals surface area contributed by atoms with E-state index in [1.54, 1.807) is 12.0 Å². The van der Waals surface area contributed by atoms with Crippen molar-refractivity contribution in [3.63, 3.8) is 0 Å². The molecule has 5 aromatic rings. The lowest BCUT2D eigenvalue weighted by Crippen LogP contribution is -2.61. The summed E-state index contributed by atoms with van der Waals surface area (Å²) in [6, 6.07) is 16.1. The lowest BCUT2D eigenvalue weighted by Gasteiger charge is -2.50. The summed E-state index contributed by atoms with van der Waals surface area (Å²) in [7, 11) is 1.67. The SMILES string of the molecule is CO[C@H]1[C@@H](N2CC[C@@H](O)C2=O)C[C@@H]2O[C@@]1(C)n1c3ccccc3c3c4c(c5c6ccccc6n2c5c31)C(=O)NC4. The Bertz CT molecular complexity index is 1970. The van der Waals surface area contributed by atoms with Crippen LogP contribution in [0.1, 0.15) is 41.9 Å². The molecule has 202 valence electrons. The second-order valence-corrected chi connectivity index (χ2v) is 11.6. The number of likely N-dealkylation sites (tertiary alicyclic amines) is 1. The molecule has 4 aliphatic rings. The van der Waals surface area contributed by atoms with Crippen molar-refractivity contribution in [1.82, 2.24) is 19.4 Å². The van der Waals surface area contributed by atoms with Crippen molar-refractivity contribution in [3.05, 3.63) is 59.7 Å². The molecule has 9 heteroatoms. The number of amides is 2. The molecule has 0 unspecified atom stereocenters. The number of aliphatic hydroxyl groups is 1. The second kappa shape index (κ2) is 7.42. The number of hydrogen-bond donors (Lipinski definition) is 2. The maximum atomic E-state index is 13.5. The van der Waals surface area contributed by atoms with Crippen LogP contribution in [0.15, 0.2) is 48.5 Å². The van der Waals surface area contributed by atoms with Gasteiger partial charge < -0.3 is 33.9 Å². The number of carbonyl (C=O) groups is 2. The molecular formula is C31H28N4O5. The Kier molecular flexibility index (Phi) is 4.24. The molecule has 2 fully saturated rings. The second-order valence-electron chi connectivity index (χ2n) is 11.6. The van der Waals surface area contributed by atoms with Gasteiger partial charge in [-0.1, -0.05) is 36.4 Å². The summed E-state index contributed by atoms with van der Waals surface area (Å²) >= 11 is 0. The number of ether oxygens (including phenoxy) is 2. The van der Waals surface area contributed by atoms with Crippen molar-refractivity contribution in [2.75, 3.05) is 13.7 Å². The van der Waals surface area contributed by atoms with Gasteiger partial charge in [0, 0.05) is 48.2 Å². The molecule has 0 saturated carbocycles. The van der Waals surface area contributed by atoms with E-state index in [2.05, 4.69) is 45.6 Å². The van der Waals surface area contributed by atoms with Crippen molar-refractivity contribution in [1.29, 1.82) is 0 Å². The minimum Gasteiger partial charge on any atom is -0.383 e. The number of methoxy groups -OCH3 is 1. The van der Waals surface area contributed by atoms with Gasteiger partial charge in [0.1, 0.15) is 18.4 Å². The Labute approximate surface area is 228 Å². The van der Waals surface area contributed by atoms with E-state index in [4.69, 9.17) is 9.47 Å². The quantitative estimate of drug-likeness (QED) is 0.358. The zero-order valence-corrected chi connectivity index (χ0v) is 22.2. The number of para-hydroxylation sites is 2.